The van der Waals surface area contributed by atoms with Gasteiger partial charge in [0.25, 0.3) is 15.9 Å². The highest BCUT2D eigenvalue weighted by Gasteiger charge is 2.61. The number of sulfonamides is 1. The molecule has 2 aliphatic rings. The molecule has 2 amide bonds. The summed E-state index contributed by atoms with van der Waals surface area (Å²) < 4.78 is 40.7. The number of nitriles is 1. The van der Waals surface area contributed by atoms with Crippen molar-refractivity contribution in [1.29, 1.82) is 5.26 Å². The first kappa shape index (κ1) is 28.7. The van der Waals surface area contributed by atoms with Crippen molar-refractivity contribution in [2.45, 2.75) is 17.4 Å². The first-order chi connectivity index (χ1) is 20.8. The Morgan fingerprint density at radius 2 is 1.88 bits per heavy atom. The maximum atomic E-state index is 14.7. The van der Waals surface area contributed by atoms with Crippen molar-refractivity contribution >= 4 is 55.5 Å². The number of aromatic nitrogens is 1. The molecule has 4 aromatic rings. The Hall–Kier alpha value is -4.45. The first-order valence-corrected chi connectivity index (χ1v) is 16.6. The van der Waals surface area contributed by atoms with Crippen molar-refractivity contribution in [3.8, 4) is 11.8 Å². The lowest BCUT2D eigenvalue weighted by molar-refractivity contribution is -0.132. The number of nitrogens with zero attached hydrogens (tertiary/aromatic N) is 5. The van der Waals surface area contributed by atoms with Crippen molar-refractivity contribution in [3.63, 3.8) is 0 Å². The van der Waals surface area contributed by atoms with Crippen molar-refractivity contribution in [1.82, 2.24) is 9.88 Å². The summed E-state index contributed by atoms with van der Waals surface area (Å²) in [7, 11) is -4.42. The smallest absolute Gasteiger partial charge is 0.411 e. The molecular formula is C29H25N5O6S3. The molecule has 0 bridgehead atoms. The molecule has 4 heterocycles. The molecule has 0 aliphatic carbocycles. The SMILES string of the molecule is CCOc1ccccc1C1(OC(=O)N2CCN(c3nccs3)CC2)C(=O)N(S(=O)(=O)c2ccsc2)c2ccc(C#N)cc21. The third-order valence-electron chi connectivity index (χ3n) is 7.28. The minimum atomic E-state index is -4.42. The van der Waals surface area contributed by atoms with Gasteiger partial charge in [-0.15, -0.1) is 11.3 Å². The molecule has 1 fully saturated rings. The van der Waals surface area contributed by atoms with Gasteiger partial charge in [0.2, 0.25) is 5.60 Å². The van der Waals surface area contributed by atoms with Gasteiger partial charge >= 0.3 is 6.09 Å². The third-order valence-corrected chi connectivity index (χ3v) is 10.6. The quantitative estimate of drug-likeness (QED) is 0.290. The van der Waals surface area contributed by atoms with Gasteiger partial charge < -0.3 is 19.3 Å². The number of benzene rings is 2. The lowest BCUT2D eigenvalue weighted by Gasteiger charge is -2.37. The van der Waals surface area contributed by atoms with Gasteiger partial charge in [-0.1, -0.05) is 18.2 Å². The number of thiophene rings is 1. The Morgan fingerprint density at radius 3 is 2.56 bits per heavy atom. The van der Waals surface area contributed by atoms with Crippen LogP contribution in [-0.2, 0) is 25.2 Å². The number of hydrogen-bond donors (Lipinski definition) is 0. The molecule has 0 N–H and O–H groups in total. The van der Waals surface area contributed by atoms with Gasteiger partial charge in [-0.05, 0) is 42.6 Å². The largest absolute Gasteiger partial charge is 0.493 e. The summed E-state index contributed by atoms with van der Waals surface area (Å²) in [4.78, 5) is 36.4. The lowest BCUT2D eigenvalue weighted by atomic mass is 9.85. The second kappa shape index (κ2) is 11.3. The van der Waals surface area contributed by atoms with Crippen LogP contribution in [0.15, 0.2) is 75.8 Å². The maximum absolute atomic E-state index is 14.7. The van der Waals surface area contributed by atoms with Gasteiger partial charge in [0.15, 0.2) is 5.13 Å². The monoisotopic (exact) mass is 635 g/mol. The summed E-state index contributed by atoms with van der Waals surface area (Å²) in [5.41, 5.74) is -1.91. The van der Waals surface area contributed by atoms with Gasteiger partial charge in [0, 0.05) is 48.7 Å². The van der Waals surface area contributed by atoms with Crippen molar-refractivity contribution in [2.24, 2.45) is 0 Å². The zero-order valence-electron chi connectivity index (χ0n) is 22.9. The second-order valence-corrected chi connectivity index (χ2v) is 13.1. The summed E-state index contributed by atoms with van der Waals surface area (Å²) in [5, 5.41) is 15.5. The summed E-state index contributed by atoms with van der Waals surface area (Å²) in [6.45, 7) is 3.56. The van der Waals surface area contributed by atoms with Crippen LogP contribution in [0.1, 0.15) is 23.6 Å². The van der Waals surface area contributed by atoms with Crippen LogP contribution in [0.3, 0.4) is 0 Å². The molecule has 0 radical (unpaired) electrons. The lowest BCUT2D eigenvalue weighted by Crippen LogP contribution is -2.53. The minimum absolute atomic E-state index is 0.0112. The number of anilines is 2. The van der Waals surface area contributed by atoms with Crippen LogP contribution in [0.4, 0.5) is 15.6 Å². The van der Waals surface area contributed by atoms with Gasteiger partial charge in [0.05, 0.1) is 34.4 Å². The van der Waals surface area contributed by atoms with Crippen molar-refractivity contribution in [3.05, 3.63) is 87.6 Å². The molecule has 6 rings (SSSR count). The Morgan fingerprint density at radius 1 is 1.09 bits per heavy atom. The predicted molar refractivity (Wildman–Crippen MR) is 161 cm³/mol. The summed E-state index contributed by atoms with van der Waals surface area (Å²) in [6, 6.07) is 14.2. The van der Waals surface area contributed by atoms with Crippen molar-refractivity contribution < 1.29 is 27.5 Å². The molecule has 2 aromatic heterocycles. The zero-order chi connectivity index (χ0) is 30.2. The Balaban J connectivity index is 1.49. The van der Waals surface area contributed by atoms with Crippen LogP contribution in [0.2, 0.25) is 0 Å². The van der Waals surface area contributed by atoms with Crippen LogP contribution in [0.5, 0.6) is 5.75 Å². The van der Waals surface area contributed by atoms with Crippen molar-refractivity contribution in [2.75, 3.05) is 42.0 Å². The van der Waals surface area contributed by atoms with E-state index in [1.807, 2.05) is 11.4 Å². The number of thiazole rings is 1. The Labute approximate surface area is 256 Å². The van der Waals surface area contributed by atoms with E-state index in [0.29, 0.717) is 17.4 Å². The molecule has 1 atom stereocenters. The highest BCUT2D eigenvalue weighted by Crippen LogP contribution is 2.52. The number of rotatable bonds is 7. The van der Waals surface area contributed by atoms with Crippen LogP contribution < -0.4 is 13.9 Å². The standard InChI is InChI=1S/C29H25N5O6S3/c1-2-39-25-6-4-3-5-22(25)29(40-28(36)33-13-11-32(12-14-33)27-31-10-16-42-27)23-17-20(18-30)7-8-24(23)34(26(29)35)43(37,38)21-9-15-41-19-21/h3-10,15-17,19H,2,11-14H2,1H3. The fraction of sp³-hybridized carbons (Fsp3) is 0.241. The van der Waals surface area contributed by atoms with Crippen LogP contribution in [0.25, 0.3) is 0 Å². The summed E-state index contributed by atoms with van der Waals surface area (Å²) in [5.74, 6) is -0.770. The van der Waals surface area contributed by atoms with Gasteiger partial charge in [-0.2, -0.15) is 20.9 Å². The van der Waals surface area contributed by atoms with E-state index >= 15 is 0 Å². The molecule has 0 spiro atoms. The molecule has 220 valence electrons. The number of ether oxygens (including phenoxy) is 2. The maximum Gasteiger partial charge on any atom is 0.411 e. The Bertz CT molecular complexity index is 1810. The van der Waals surface area contributed by atoms with E-state index < -0.39 is 27.6 Å². The van der Waals surface area contributed by atoms with Gasteiger partial charge in [-0.25, -0.2) is 18.2 Å². The molecule has 2 aromatic carbocycles. The van der Waals surface area contributed by atoms with Gasteiger partial charge in [0.1, 0.15) is 5.75 Å². The molecule has 1 unspecified atom stereocenters. The number of hydrogen-bond acceptors (Lipinski definition) is 11. The number of para-hydroxylation sites is 1. The van der Waals surface area contributed by atoms with E-state index in [9.17, 15) is 23.3 Å². The van der Waals surface area contributed by atoms with Crippen LogP contribution >= 0.6 is 22.7 Å². The molecule has 1 saturated heterocycles. The third kappa shape index (κ3) is 4.79. The minimum Gasteiger partial charge on any atom is -0.493 e. The average molecular weight is 636 g/mol. The predicted octanol–water partition coefficient (Wildman–Crippen LogP) is 4.41. The fourth-order valence-electron chi connectivity index (χ4n) is 5.28. The molecular weight excluding hydrogens is 611 g/mol. The Kier molecular flexibility index (Phi) is 7.55. The number of amides is 2. The van der Waals surface area contributed by atoms with Gasteiger partial charge in [-0.3, -0.25) is 4.79 Å². The molecule has 11 nitrogen and oxygen atoms in total. The van der Waals surface area contributed by atoms with Crippen LogP contribution in [-0.4, -0.2) is 63.1 Å². The van der Waals surface area contributed by atoms with E-state index in [2.05, 4.69) is 9.88 Å². The number of carbonyl (C=O) groups is 2. The number of piperazine rings is 1. The van der Waals surface area contributed by atoms with E-state index in [-0.39, 0.29) is 52.7 Å². The van der Waals surface area contributed by atoms with Crippen LogP contribution in [0, 0.1) is 11.3 Å². The summed E-state index contributed by atoms with van der Waals surface area (Å²) >= 11 is 2.67. The molecule has 14 heteroatoms. The fourth-order valence-corrected chi connectivity index (χ4v) is 8.44. The number of carbonyl (C=O) groups excluding carboxylic acids is 2. The first-order valence-electron chi connectivity index (χ1n) is 13.3. The highest BCUT2D eigenvalue weighted by atomic mass is 32.2. The second-order valence-electron chi connectivity index (χ2n) is 9.64. The number of fused-ring (bicyclic) bond motifs is 1. The zero-order valence-corrected chi connectivity index (χ0v) is 25.3. The molecule has 43 heavy (non-hydrogen) atoms. The topological polar surface area (TPSA) is 133 Å². The van der Waals surface area contributed by atoms with E-state index in [1.54, 1.807) is 42.8 Å². The highest BCUT2D eigenvalue weighted by molar-refractivity contribution is 7.93. The molecule has 2 aliphatic heterocycles. The average Bonchev–Trinajstić information content (AvgIpc) is 3.80. The van der Waals surface area contributed by atoms with E-state index in [1.165, 1.54) is 57.2 Å². The van der Waals surface area contributed by atoms with E-state index in [4.69, 9.17) is 9.47 Å². The molecule has 0 saturated carbocycles. The summed E-state index contributed by atoms with van der Waals surface area (Å²) in [6.07, 6.45) is 0.913. The normalized spacial score (nSPS) is 18.3. The van der Waals surface area contributed by atoms with E-state index in [0.717, 1.165) is 5.13 Å².